The molecule has 3 nitrogen and oxygen atoms in total. The van der Waals surface area contributed by atoms with Crippen molar-refractivity contribution in [2.45, 2.75) is 32.2 Å². The number of benzene rings is 1. The summed E-state index contributed by atoms with van der Waals surface area (Å²) in [4.78, 5) is 0. The molecule has 3 heteroatoms. The smallest absolute Gasteiger partial charge is 0.266 e. The van der Waals surface area contributed by atoms with Gasteiger partial charge in [0.05, 0.1) is 0 Å². The van der Waals surface area contributed by atoms with Gasteiger partial charge in [0.25, 0.3) is 6.29 Å². The van der Waals surface area contributed by atoms with Crippen molar-refractivity contribution in [3.63, 3.8) is 0 Å². The molecule has 0 radical (unpaired) electrons. The Morgan fingerprint density at radius 2 is 1.89 bits per heavy atom. The van der Waals surface area contributed by atoms with E-state index >= 15 is 0 Å². The fourth-order valence-electron chi connectivity index (χ4n) is 2.88. The maximum atomic E-state index is 10.9. The summed E-state index contributed by atoms with van der Waals surface area (Å²) in [5, 5.41) is 10.9. The molecule has 1 aliphatic heterocycles. The van der Waals surface area contributed by atoms with Crippen molar-refractivity contribution in [2.75, 3.05) is 0 Å². The van der Waals surface area contributed by atoms with E-state index in [1.807, 2.05) is 30.3 Å². The first-order valence-corrected chi connectivity index (χ1v) is 6.57. The van der Waals surface area contributed by atoms with Crippen molar-refractivity contribution in [3.8, 4) is 0 Å². The van der Waals surface area contributed by atoms with Gasteiger partial charge < -0.3 is 14.6 Å². The molecular formula is C16H18O3. The second-order valence-corrected chi connectivity index (χ2v) is 5.38. The standard InChI is InChI=1S/C16H18O3/c1-11-9-16(17,10-12(11)2)14-6-4-3-5-13(14)15-18-7-8-19-15/h3-9,12,15,17H,10H2,1-2H3. The third kappa shape index (κ3) is 2.04. The highest BCUT2D eigenvalue weighted by atomic mass is 16.7. The zero-order valence-electron chi connectivity index (χ0n) is 11.2. The molecule has 1 N–H and O–H groups in total. The Balaban J connectivity index is 2.01. The fraction of sp³-hybridized carbons (Fsp3) is 0.375. The highest BCUT2D eigenvalue weighted by molar-refractivity contribution is 5.40. The minimum Gasteiger partial charge on any atom is -0.455 e. The van der Waals surface area contributed by atoms with Gasteiger partial charge in [-0.05, 0) is 30.9 Å². The highest BCUT2D eigenvalue weighted by Gasteiger charge is 2.38. The molecule has 3 rings (SSSR count). The summed E-state index contributed by atoms with van der Waals surface area (Å²) in [6.07, 6.45) is 5.27. The summed E-state index contributed by atoms with van der Waals surface area (Å²) in [6.45, 7) is 4.20. The molecule has 100 valence electrons. The van der Waals surface area contributed by atoms with E-state index in [0.29, 0.717) is 12.3 Å². The minimum absolute atomic E-state index is 0.390. The van der Waals surface area contributed by atoms with Crippen LogP contribution in [0.25, 0.3) is 0 Å². The molecule has 2 unspecified atom stereocenters. The van der Waals surface area contributed by atoms with Crippen LogP contribution in [0, 0.1) is 5.92 Å². The molecule has 0 saturated carbocycles. The monoisotopic (exact) mass is 258 g/mol. The van der Waals surface area contributed by atoms with Crippen molar-refractivity contribution >= 4 is 0 Å². The minimum atomic E-state index is -0.921. The largest absolute Gasteiger partial charge is 0.455 e. The molecular weight excluding hydrogens is 240 g/mol. The van der Waals surface area contributed by atoms with Gasteiger partial charge in [-0.15, -0.1) is 0 Å². The Bertz CT molecular complexity index is 539. The summed E-state index contributed by atoms with van der Waals surface area (Å²) in [6, 6.07) is 7.76. The maximum Gasteiger partial charge on any atom is 0.266 e. The van der Waals surface area contributed by atoms with Crippen LogP contribution in [0.4, 0.5) is 0 Å². The zero-order valence-corrected chi connectivity index (χ0v) is 11.2. The average Bonchev–Trinajstić information content (AvgIpc) is 2.99. The van der Waals surface area contributed by atoms with E-state index in [1.54, 1.807) is 0 Å². The quantitative estimate of drug-likeness (QED) is 0.826. The van der Waals surface area contributed by atoms with Crippen molar-refractivity contribution < 1.29 is 14.6 Å². The van der Waals surface area contributed by atoms with Crippen LogP contribution in [-0.2, 0) is 15.1 Å². The van der Waals surface area contributed by atoms with Gasteiger partial charge in [-0.2, -0.15) is 0 Å². The Hall–Kier alpha value is -1.74. The van der Waals surface area contributed by atoms with Crippen LogP contribution in [0.3, 0.4) is 0 Å². The SMILES string of the molecule is CC1=CC(O)(c2ccccc2C2OC=CO2)CC1C. The van der Waals surface area contributed by atoms with Gasteiger partial charge in [-0.25, -0.2) is 0 Å². The predicted molar refractivity (Wildman–Crippen MR) is 71.9 cm³/mol. The predicted octanol–water partition coefficient (Wildman–Crippen LogP) is 3.38. The molecule has 2 atom stereocenters. The van der Waals surface area contributed by atoms with Crippen LogP contribution in [0.15, 0.2) is 48.4 Å². The topological polar surface area (TPSA) is 38.7 Å². The van der Waals surface area contributed by atoms with E-state index < -0.39 is 11.9 Å². The fourth-order valence-corrected chi connectivity index (χ4v) is 2.88. The van der Waals surface area contributed by atoms with Crippen molar-refractivity contribution in [2.24, 2.45) is 5.92 Å². The molecule has 0 amide bonds. The zero-order chi connectivity index (χ0) is 13.5. The van der Waals surface area contributed by atoms with Crippen molar-refractivity contribution in [1.29, 1.82) is 0 Å². The Kier molecular flexibility index (Phi) is 2.86. The van der Waals surface area contributed by atoms with Gasteiger partial charge in [0.15, 0.2) is 0 Å². The third-order valence-electron chi connectivity index (χ3n) is 4.00. The van der Waals surface area contributed by atoms with Gasteiger partial charge in [-0.1, -0.05) is 36.8 Å². The number of ether oxygens (including phenoxy) is 2. The van der Waals surface area contributed by atoms with Crippen LogP contribution in [0.1, 0.15) is 37.7 Å². The average molecular weight is 258 g/mol. The summed E-state index contributed by atoms with van der Waals surface area (Å²) < 4.78 is 10.8. The van der Waals surface area contributed by atoms with E-state index in [-0.39, 0.29) is 0 Å². The summed E-state index contributed by atoms with van der Waals surface area (Å²) in [7, 11) is 0. The highest BCUT2D eigenvalue weighted by Crippen LogP contribution is 2.43. The van der Waals surface area contributed by atoms with Crippen molar-refractivity contribution in [3.05, 3.63) is 59.6 Å². The lowest BCUT2D eigenvalue weighted by Crippen LogP contribution is -2.24. The van der Waals surface area contributed by atoms with E-state index in [2.05, 4.69) is 13.8 Å². The maximum absolute atomic E-state index is 10.9. The first kappa shape index (κ1) is 12.3. The number of rotatable bonds is 2. The van der Waals surface area contributed by atoms with E-state index in [0.717, 1.165) is 11.1 Å². The molecule has 0 aromatic heterocycles. The molecule has 0 saturated heterocycles. The van der Waals surface area contributed by atoms with Crippen LogP contribution in [0.5, 0.6) is 0 Å². The Morgan fingerprint density at radius 3 is 2.53 bits per heavy atom. The van der Waals surface area contributed by atoms with E-state index in [4.69, 9.17) is 9.47 Å². The molecule has 1 aliphatic carbocycles. The number of aliphatic hydroxyl groups is 1. The van der Waals surface area contributed by atoms with Crippen LogP contribution in [-0.4, -0.2) is 5.11 Å². The van der Waals surface area contributed by atoms with Gasteiger partial charge in [0.2, 0.25) is 0 Å². The lowest BCUT2D eigenvalue weighted by atomic mass is 9.87. The van der Waals surface area contributed by atoms with Gasteiger partial charge in [0, 0.05) is 5.56 Å². The van der Waals surface area contributed by atoms with Crippen LogP contribution >= 0.6 is 0 Å². The molecule has 0 fully saturated rings. The first-order valence-electron chi connectivity index (χ1n) is 6.57. The van der Waals surface area contributed by atoms with Gasteiger partial charge in [0.1, 0.15) is 18.1 Å². The lowest BCUT2D eigenvalue weighted by Gasteiger charge is -2.26. The second kappa shape index (κ2) is 4.42. The van der Waals surface area contributed by atoms with E-state index in [9.17, 15) is 5.11 Å². The lowest BCUT2D eigenvalue weighted by molar-refractivity contribution is -0.0290. The summed E-state index contributed by atoms with van der Waals surface area (Å²) in [5.41, 5.74) is 2.05. The van der Waals surface area contributed by atoms with Crippen LogP contribution in [0.2, 0.25) is 0 Å². The number of hydrogen-bond acceptors (Lipinski definition) is 3. The molecule has 1 aromatic rings. The Labute approximate surface area is 113 Å². The molecule has 1 heterocycles. The normalized spacial score (nSPS) is 30.1. The van der Waals surface area contributed by atoms with Crippen LogP contribution < -0.4 is 0 Å². The molecule has 1 aromatic carbocycles. The van der Waals surface area contributed by atoms with E-state index in [1.165, 1.54) is 18.1 Å². The second-order valence-electron chi connectivity index (χ2n) is 5.38. The molecule has 0 spiro atoms. The number of hydrogen-bond donors (Lipinski definition) is 1. The van der Waals surface area contributed by atoms with Gasteiger partial charge >= 0.3 is 0 Å². The Morgan fingerprint density at radius 1 is 1.21 bits per heavy atom. The van der Waals surface area contributed by atoms with Gasteiger partial charge in [-0.3, -0.25) is 0 Å². The summed E-state index contributed by atoms with van der Waals surface area (Å²) >= 11 is 0. The molecule has 19 heavy (non-hydrogen) atoms. The molecule has 2 aliphatic rings. The summed E-state index contributed by atoms with van der Waals surface area (Å²) in [5.74, 6) is 0.390. The van der Waals surface area contributed by atoms with Crippen molar-refractivity contribution in [1.82, 2.24) is 0 Å². The third-order valence-corrected chi connectivity index (χ3v) is 4.00. The first-order chi connectivity index (χ1) is 9.10. The molecule has 0 bridgehead atoms. The number of allylic oxidation sites excluding steroid dienone is 1.